The Hall–Kier alpha value is -3.09. The van der Waals surface area contributed by atoms with Crippen LogP contribution < -0.4 is 29.6 Å². The molecule has 0 atom stereocenters. The highest BCUT2D eigenvalue weighted by Crippen LogP contribution is 2.34. The molecule has 1 fully saturated rings. The molecule has 0 radical (unpaired) electrons. The summed E-state index contributed by atoms with van der Waals surface area (Å²) in [5.74, 6) is 2.68. The van der Waals surface area contributed by atoms with Crippen LogP contribution in [0.15, 0.2) is 36.4 Å². The number of benzene rings is 2. The molecule has 2 amide bonds. The second-order valence-corrected chi connectivity index (χ2v) is 7.17. The number of amides is 2. The Morgan fingerprint density at radius 1 is 0.967 bits per heavy atom. The van der Waals surface area contributed by atoms with Gasteiger partial charge in [-0.25, -0.2) is 4.79 Å². The third kappa shape index (κ3) is 5.49. The molecular formula is C23H30N2O5. The van der Waals surface area contributed by atoms with Gasteiger partial charge >= 0.3 is 6.03 Å². The topological polar surface area (TPSA) is 78.1 Å². The number of rotatable bonds is 9. The predicted molar refractivity (Wildman–Crippen MR) is 116 cm³/mol. The maximum absolute atomic E-state index is 12.3. The van der Waals surface area contributed by atoms with Gasteiger partial charge in [0, 0.05) is 18.3 Å². The van der Waals surface area contributed by atoms with E-state index in [1.807, 2.05) is 24.3 Å². The summed E-state index contributed by atoms with van der Waals surface area (Å²) < 4.78 is 22.2. The molecule has 1 aliphatic carbocycles. The first-order chi connectivity index (χ1) is 14.6. The second-order valence-electron chi connectivity index (χ2n) is 7.17. The van der Waals surface area contributed by atoms with Gasteiger partial charge in [-0.3, -0.25) is 0 Å². The van der Waals surface area contributed by atoms with Crippen molar-refractivity contribution >= 4 is 11.7 Å². The summed E-state index contributed by atoms with van der Waals surface area (Å²) in [6.07, 6.45) is 5.30. The lowest BCUT2D eigenvalue weighted by Gasteiger charge is -2.17. The molecule has 30 heavy (non-hydrogen) atoms. The molecule has 2 aromatic carbocycles. The summed E-state index contributed by atoms with van der Waals surface area (Å²) in [5.41, 5.74) is 1.62. The minimum Gasteiger partial charge on any atom is -0.493 e. The van der Waals surface area contributed by atoms with Crippen LogP contribution in [0.5, 0.6) is 23.0 Å². The fourth-order valence-electron chi connectivity index (χ4n) is 3.67. The number of urea groups is 1. The number of anilines is 1. The second kappa shape index (κ2) is 10.6. The molecule has 162 valence electrons. The molecule has 2 aromatic rings. The highest BCUT2D eigenvalue weighted by atomic mass is 16.5. The Balaban J connectivity index is 1.56. The van der Waals surface area contributed by atoms with Gasteiger partial charge < -0.3 is 29.6 Å². The molecular weight excluding hydrogens is 384 g/mol. The summed E-state index contributed by atoms with van der Waals surface area (Å²) in [6.45, 7) is 0.455. The molecule has 7 nitrogen and oxygen atoms in total. The van der Waals surface area contributed by atoms with E-state index in [0.717, 1.165) is 18.4 Å². The third-order valence-corrected chi connectivity index (χ3v) is 5.18. The van der Waals surface area contributed by atoms with Crippen LogP contribution >= 0.6 is 0 Å². The standard InChI is InChI=1S/C23H30N2O5/c1-27-19-12-11-17(15-21(19)30-18-8-4-5-9-18)25-23(26)24-14-13-16-7-6-10-20(28-2)22(16)29-3/h6-7,10-12,15,18H,4-5,8-9,13-14H2,1-3H3,(H2,24,25,26). The van der Waals surface area contributed by atoms with E-state index in [2.05, 4.69) is 10.6 Å². The fraction of sp³-hybridized carbons (Fsp3) is 0.435. The number of hydrogen-bond acceptors (Lipinski definition) is 5. The minimum absolute atomic E-state index is 0.209. The zero-order chi connectivity index (χ0) is 21.3. The monoisotopic (exact) mass is 414 g/mol. The van der Waals surface area contributed by atoms with Crippen LogP contribution in [0, 0.1) is 0 Å². The van der Waals surface area contributed by atoms with E-state index in [0.29, 0.717) is 41.7 Å². The molecule has 1 saturated carbocycles. The largest absolute Gasteiger partial charge is 0.493 e. The number of methoxy groups -OCH3 is 3. The SMILES string of the molecule is COc1ccc(NC(=O)NCCc2cccc(OC)c2OC)cc1OC1CCCC1. The van der Waals surface area contributed by atoms with Crippen molar-refractivity contribution in [3.63, 3.8) is 0 Å². The van der Waals surface area contributed by atoms with E-state index < -0.39 is 0 Å². The van der Waals surface area contributed by atoms with E-state index in [1.54, 1.807) is 33.5 Å². The van der Waals surface area contributed by atoms with Gasteiger partial charge in [-0.2, -0.15) is 0 Å². The summed E-state index contributed by atoms with van der Waals surface area (Å²) >= 11 is 0. The molecule has 0 unspecified atom stereocenters. The van der Waals surface area contributed by atoms with Crippen molar-refractivity contribution in [3.8, 4) is 23.0 Å². The highest BCUT2D eigenvalue weighted by molar-refractivity contribution is 5.89. The van der Waals surface area contributed by atoms with Gasteiger partial charge in [-0.05, 0) is 55.9 Å². The van der Waals surface area contributed by atoms with Crippen molar-refractivity contribution < 1.29 is 23.7 Å². The van der Waals surface area contributed by atoms with E-state index in [4.69, 9.17) is 18.9 Å². The van der Waals surface area contributed by atoms with E-state index in [-0.39, 0.29) is 12.1 Å². The van der Waals surface area contributed by atoms with Crippen LogP contribution in [0.25, 0.3) is 0 Å². The maximum atomic E-state index is 12.3. The van der Waals surface area contributed by atoms with E-state index >= 15 is 0 Å². The fourth-order valence-corrected chi connectivity index (χ4v) is 3.67. The summed E-state index contributed by atoms with van der Waals surface area (Å²) in [4.78, 5) is 12.3. The lowest BCUT2D eigenvalue weighted by atomic mass is 10.1. The number of ether oxygens (including phenoxy) is 4. The number of hydrogen-bond donors (Lipinski definition) is 2. The van der Waals surface area contributed by atoms with E-state index in [9.17, 15) is 4.79 Å². The van der Waals surface area contributed by atoms with Crippen molar-refractivity contribution in [3.05, 3.63) is 42.0 Å². The normalized spacial score (nSPS) is 13.6. The van der Waals surface area contributed by atoms with Crippen molar-refractivity contribution in [1.29, 1.82) is 0 Å². The molecule has 3 rings (SSSR count). The third-order valence-electron chi connectivity index (χ3n) is 5.18. The molecule has 0 spiro atoms. The number of nitrogens with one attached hydrogen (secondary N) is 2. The van der Waals surface area contributed by atoms with Gasteiger partial charge in [0.1, 0.15) is 0 Å². The van der Waals surface area contributed by atoms with Gasteiger partial charge in [0.2, 0.25) is 0 Å². The molecule has 0 heterocycles. The van der Waals surface area contributed by atoms with Gasteiger partial charge in [-0.15, -0.1) is 0 Å². The number of para-hydroxylation sites is 1. The Morgan fingerprint density at radius 3 is 2.43 bits per heavy atom. The van der Waals surface area contributed by atoms with Crippen LogP contribution in [0.1, 0.15) is 31.2 Å². The molecule has 0 saturated heterocycles. The molecule has 0 aliphatic heterocycles. The van der Waals surface area contributed by atoms with Gasteiger partial charge in [-0.1, -0.05) is 12.1 Å². The Bertz CT molecular complexity index is 849. The van der Waals surface area contributed by atoms with Crippen LogP contribution in [-0.4, -0.2) is 40.0 Å². The van der Waals surface area contributed by atoms with Crippen molar-refractivity contribution in [1.82, 2.24) is 5.32 Å². The highest BCUT2D eigenvalue weighted by Gasteiger charge is 2.19. The first-order valence-electron chi connectivity index (χ1n) is 10.2. The Morgan fingerprint density at radius 2 is 1.73 bits per heavy atom. The molecule has 2 N–H and O–H groups in total. The zero-order valence-corrected chi connectivity index (χ0v) is 17.8. The molecule has 7 heteroatoms. The maximum Gasteiger partial charge on any atom is 0.319 e. The van der Waals surface area contributed by atoms with Crippen LogP contribution in [-0.2, 0) is 6.42 Å². The first-order valence-corrected chi connectivity index (χ1v) is 10.2. The number of carbonyl (C=O) groups excluding carboxylic acids is 1. The minimum atomic E-state index is -0.283. The number of carbonyl (C=O) groups is 1. The van der Waals surface area contributed by atoms with Gasteiger partial charge in [0.05, 0.1) is 27.4 Å². The van der Waals surface area contributed by atoms with Crippen LogP contribution in [0.2, 0.25) is 0 Å². The average molecular weight is 415 g/mol. The van der Waals surface area contributed by atoms with Crippen LogP contribution in [0.3, 0.4) is 0 Å². The van der Waals surface area contributed by atoms with Crippen molar-refractivity contribution in [2.24, 2.45) is 0 Å². The summed E-state index contributed by atoms with van der Waals surface area (Å²) in [7, 11) is 4.83. The lowest BCUT2D eigenvalue weighted by molar-refractivity contribution is 0.201. The average Bonchev–Trinajstić information content (AvgIpc) is 3.26. The summed E-state index contributed by atoms with van der Waals surface area (Å²) in [5, 5.41) is 5.73. The van der Waals surface area contributed by atoms with E-state index in [1.165, 1.54) is 12.8 Å². The van der Waals surface area contributed by atoms with Gasteiger partial charge in [0.25, 0.3) is 0 Å². The first kappa shape index (κ1) is 21.6. The van der Waals surface area contributed by atoms with Gasteiger partial charge in [0.15, 0.2) is 23.0 Å². The zero-order valence-electron chi connectivity index (χ0n) is 17.8. The van der Waals surface area contributed by atoms with Crippen molar-refractivity contribution in [2.45, 2.75) is 38.2 Å². The molecule has 1 aliphatic rings. The Kier molecular flexibility index (Phi) is 7.65. The van der Waals surface area contributed by atoms with Crippen LogP contribution in [0.4, 0.5) is 10.5 Å². The molecule has 0 aromatic heterocycles. The molecule has 0 bridgehead atoms. The quantitative estimate of drug-likeness (QED) is 0.636. The summed E-state index contributed by atoms with van der Waals surface area (Å²) in [6, 6.07) is 10.8. The predicted octanol–water partition coefficient (Wildman–Crippen LogP) is 4.40. The lowest BCUT2D eigenvalue weighted by Crippen LogP contribution is -2.30. The smallest absolute Gasteiger partial charge is 0.319 e. The Labute approximate surface area is 177 Å². The van der Waals surface area contributed by atoms with Crippen molar-refractivity contribution in [2.75, 3.05) is 33.2 Å².